The molecule has 2 N–H and O–H groups in total. The molecule has 0 saturated heterocycles. The van der Waals surface area contributed by atoms with Crippen molar-refractivity contribution < 1.29 is 4.74 Å². The third kappa shape index (κ3) is 2.53. The lowest BCUT2D eigenvalue weighted by molar-refractivity contribution is 0.0275. The van der Waals surface area contributed by atoms with Gasteiger partial charge in [0.1, 0.15) is 0 Å². The Bertz CT molecular complexity index is 205. The minimum atomic E-state index is -0.0745. The van der Waals surface area contributed by atoms with E-state index in [9.17, 15) is 0 Å². The fourth-order valence-electron chi connectivity index (χ4n) is 1.59. The second kappa shape index (κ2) is 3.78. The molecule has 0 aromatic carbocycles. The average Bonchev–Trinajstić information content (AvgIpc) is 2.12. The van der Waals surface area contributed by atoms with Crippen LogP contribution in [0, 0.1) is 0 Å². The molecule has 1 aliphatic rings. The lowest BCUT2D eigenvalue weighted by Gasteiger charge is -2.37. The summed E-state index contributed by atoms with van der Waals surface area (Å²) in [6, 6.07) is 0. The summed E-state index contributed by atoms with van der Waals surface area (Å²) in [5.41, 5.74) is 6.20. The minimum Gasteiger partial charge on any atom is -0.374 e. The predicted octanol–water partition coefficient (Wildman–Crippen LogP) is 1.22. The van der Waals surface area contributed by atoms with Crippen molar-refractivity contribution in [3.8, 4) is 0 Å². The first kappa shape index (κ1) is 10.7. The van der Waals surface area contributed by atoms with Crippen LogP contribution in [0.3, 0.4) is 0 Å². The zero-order valence-electron chi connectivity index (χ0n) is 8.98. The Morgan fingerprint density at radius 2 is 1.92 bits per heavy atom. The van der Waals surface area contributed by atoms with Gasteiger partial charge in [0.25, 0.3) is 0 Å². The van der Waals surface area contributed by atoms with Gasteiger partial charge in [-0.3, -0.25) is 5.43 Å². The van der Waals surface area contributed by atoms with Crippen LogP contribution < -0.4 is 10.9 Å². The third-order valence-electron chi connectivity index (χ3n) is 2.82. The smallest absolute Gasteiger partial charge is 0.0832 e. The molecule has 0 fully saturated rings. The first-order valence-electron chi connectivity index (χ1n) is 4.73. The second-order valence-electron chi connectivity index (χ2n) is 4.14. The summed E-state index contributed by atoms with van der Waals surface area (Å²) in [5.74, 6) is 0. The largest absolute Gasteiger partial charge is 0.374 e. The van der Waals surface area contributed by atoms with Crippen molar-refractivity contribution in [2.24, 2.45) is 0 Å². The summed E-state index contributed by atoms with van der Waals surface area (Å²) in [6.45, 7) is 4.29. The molecule has 3 heteroatoms. The van der Waals surface area contributed by atoms with Crippen LogP contribution in [0.5, 0.6) is 0 Å². The van der Waals surface area contributed by atoms with Crippen molar-refractivity contribution in [1.29, 1.82) is 0 Å². The van der Waals surface area contributed by atoms with E-state index in [2.05, 4.69) is 36.9 Å². The summed E-state index contributed by atoms with van der Waals surface area (Å²) < 4.78 is 5.42. The summed E-state index contributed by atoms with van der Waals surface area (Å²) >= 11 is 0. The number of hydrogen-bond acceptors (Lipinski definition) is 3. The first-order valence-corrected chi connectivity index (χ1v) is 4.73. The van der Waals surface area contributed by atoms with Gasteiger partial charge in [0, 0.05) is 12.6 Å². The van der Waals surface area contributed by atoms with E-state index in [4.69, 9.17) is 4.74 Å². The molecule has 0 bridgehead atoms. The van der Waals surface area contributed by atoms with Crippen LogP contribution in [0.4, 0.5) is 0 Å². The third-order valence-corrected chi connectivity index (χ3v) is 2.82. The van der Waals surface area contributed by atoms with Crippen LogP contribution in [0.15, 0.2) is 12.2 Å². The van der Waals surface area contributed by atoms with Crippen LogP contribution in [0.1, 0.15) is 26.7 Å². The molecule has 1 rings (SSSR count). The van der Waals surface area contributed by atoms with Gasteiger partial charge in [-0.15, -0.1) is 0 Å². The Morgan fingerprint density at radius 1 is 1.23 bits per heavy atom. The monoisotopic (exact) mass is 184 g/mol. The summed E-state index contributed by atoms with van der Waals surface area (Å²) in [4.78, 5) is 0. The first-order chi connectivity index (χ1) is 6.04. The molecular formula is C10H20N2O. The zero-order chi connectivity index (χ0) is 9.95. The average molecular weight is 184 g/mol. The Kier molecular flexibility index (Phi) is 3.11. The highest BCUT2D eigenvalue weighted by Gasteiger charge is 2.31. The second-order valence-corrected chi connectivity index (χ2v) is 4.14. The molecule has 0 saturated carbocycles. The number of rotatable bonds is 3. The van der Waals surface area contributed by atoms with Gasteiger partial charge in [-0.1, -0.05) is 12.2 Å². The maximum absolute atomic E-state index is 5.42. The molecule has 0 aromatic heterocycles. The highest BCUT2D eigenvalue weighted by molar-refractivity contribution is 5.15. The summed E-state index contributed by atoms with van der Waals surface area (Å²) in [7, 11) is 3.65. The SMILES string of the molecule is CNNC1(C)C=CC(C)(OC)CC1. The number of methoxy groups -OCH3 is 1. The van der Waals surface area contributed by atoms with Gasteiger partial charge >= 0.3 is 0 Å². The van der Waals surface area contributed by atoms with E-state index >= 15 is 0 Å². The van der Waals surface area contributed by atoms with Crippen molar-refractivity contribution in [3.05, 3.63) is 12.2 Å². The molecule has 1 aliphatic carbocycles. The Hall–Kier alpha value is -0.380. The molecule has 2 atom stereocenters. The summed E-state index contributed by atoms with van der Waals surface area (Å²) in [5, 5.41) is 0. The fraction of sp³-hybridized carbons (Fsp3) is 0.800. The van der Waals surface area contributed by atoms with E-state index in [-0.39, 0.29) is 11.1 Å². The summed E-state index contributed by atoms with van der Waals surface area (Å²) in [6.07, 6.45) is 6.44. The normalized spacial score (nSPS) is 39.4. The number of ether oxygens (including phenoxy) is 1. The van der Waals surface area contributed by atoms with E-state index in [1.807, 2.05) is 7.05 Å². The van der Waals surface area contributed by atoms with Crippen molar-refractivity contribution in [2.45, 2.75) is 37.8 Å². The van der Waals surface area contributed by atoms with Gasteiger partial charge in [-0.2, -0.15) is 0 Å². The van der Waals surface area contributed by atoms with Crippen molar-refractivity contribution in [1.82, 2.24) is 10.9 Å². The molecule has 13 heavy (non-hydrogen) atoms. The maximum atomic E-state index is 5.42. The van der Waals surface area contributed by atoms with Gasteiger partial charge in [0.05, 0.1) is 5.60 Å². The molecule has 76 valence electrons. The molecule has 0 amide bonds. The van der Waals surface area contributed by atoms with Gasteiger partial charge in [0.2, 0.25) is 0 Å². The molecular weight excluding hydrogens is 164 g/mol. The fourth-order valence-corrected chi connectivity index (χ4v) is 1.59. The Morgan fingerprint density at radius 3 is 2.31 bits per heavy atom. The van der Waals surface area contributed by atoms with Gasteiger partial charge in [-0.25, -0.2) is 5.43 Å². The molecule has 0 radical (unpaired) electrons. The van der Waals surface area contributed by atoms with E-state index < -0.39 is 0 Å². The Labute approximate surface area is 80.5 Å². The minimum absolute atomic E-state index is 0.0623. The van der Waals surface area contributed by atoms with Crippen LogP contribution in [0.25, 0.3) is 0 Å². The van der Waals surface area contributed by atoms with E-state index in [1.54, 1.807) is 7.11 Å². The van der Waals surface area contributed by atoms with Gasteiger partial charge in [0.15, 0.2) is 0 Å². The zero-order valence-corrected chi connectivity index (χ0v) is 8.98. The highest BCUT2D eigenvalue weighted by Crippen LogP contribution is 2.29. The number of hydrazine groups is 1. The van der Waals surface area contributed by atoms with Crippen molar-refractivity contribution in [2.75, 3.05) is 14.2 Å². The van der Waals surface area contributed by atoms with Crippen LogP contribution in [-0.4, -0.2) is 25.3 Å². The van der Waals surface area contributed by atoms with E-state index in [1.165, 1.54) is 0 Å². The Balaban J connectivity index is 2.65. The molecule has 2 unspecified atom stereocenters. The van der Waals surface area contributed by atoms with Crippen LogP contribution >= 0.6 is 0 Å². The molecule has 0 aromatic rings. The topological polar surface area (TPSA) is 33.3 Å². The molecule has 3 nitrogen and oxygen atoms in total. The standard InChI is InChI=1S/C10H20N2O/c1-9(12-11-3)5-7-10(2,13-4)8-6-9/h5,7,11-12H,6,8H2,1-4H3. The number of nitrogens with one attached hydrogen (secondary N) is 2. The van der Waals surface area contributed by atoms with E-state index in [0.717, 1.165) is 12.8 Å². The highest BCUT2D eigenvalue weighted by atomic mass is 16.5. The van der Waals surface area contributed by atoms with Crippen molar-refractivity contribution in [3.63, 3.8) is 0 Å². The van der Waals surface area contributed by atoms with Gasteiger partial charge in [-0.05, 0) is 33.7 Å². The van der Waals surface area contributed by atoms with Crippen LogP contribution in [-0.2, 0) is 4.74 Å². The van der Waals surface area contributed by atoms with Crippen LogP contribution in [0.2, 0.25) is 0 Å². The van der Waals surface area contributed by atoms with Gasteiger partial charge < -0.3 is 4.74 Å². The quantitative estimate of drug-likeness (QED) is 0.511. The van der Waals surface area contributed by atoms with E-state index in [0.29, 0.717) is 0 Å². The molecule has 0 spiro atoms. The molecule has 0 aliphatic heterocycles. The lowest BCUT2D eigenvalue weighted by atomic mass is 9.82. The maximum Gasteiger partial charge on any atom is 0.0832 e. The lowest BCUT2D eigenvalue weighted by Crippen LogP contribution is -2.50. The molecule has 0 heterocycles. The predicted molar refractivity (Wildman–Crippen MR) is 54.4 cm³/mol. The number of hydrogen-bond donors (Lipinski definition) is 2. The van der Waals surface area contributed by atoms with Crippen molar-refractivity contribution >= 4 is 0 Å².